The molecule has 1 aliphatic heterocycles. The fraction of sp³-hybridized carbons (Fsp3) is 0.316. The van der Waals surface area contributed by atoms with Crippen molar-refractivity contribution >= 4 is 5.91 Å². The van der Waals surface area contributed by atoms with Crippen molar-refractivity contribution in [1.82, 2.24) is 4.90 Å². The number of aliphatic hydroxyl groups excluding tert-OH is 1. The second kappa shape index (κ2) is 6.32. The van der Waals surface area contributed by atoms with Crippen LogP contribution in [0.25, 0.3) is 0 Å². The van der Waals surface area contributed by atoms with Crippen molar-refractivity contribution < 1.29 is 9.90 Å². The van der Waals surface area contributed by atoms with Gasteiger partial charge in [0.05, 0.1) is 12.1 Å². The average Bonchev–Trinajstić information content (AvgIpc) is 2.97. The molecule has 0 radical (unpaired) electrons. The number of amides is 1. The molecule has 0 bridgehead atoms. The molecular formula is C19H21NO2. The fourth-order valence-electron chi connectivity index (χ4n) is 3.18. The van der Waals surface area contributed by atoms with Gasteiger partial charge in [0.2, 0.25) is 5.91 Å². The van der Waals surface area contributed by atoms with Crippen LogP contribution in [0.2, 0.25) is 0 Å². The van der Waals surface area contributed by atoms with Gasteiger partial charge in [0, 0.05) is 18.9 Å². The van der Waals surface area contributed by atoms with E-state index in [0.717, 1.165) is 11.1 Å². The lowest BCUT2D eigenvalue weighted by molar-refractivity contribution is -0.129. The maximum absolute atomic E-state index is 12.4. The molecule has 22 heavy (non-hydrogen) atoms. The molecule has 1 amide bonds. The predicted octanol–water partition coefficient (Wildman–Crippen LogP) is 3.33. The number of nitrogens with zero attached hydrogens (tertiary/aromatic N) is 1. The molecule has 2 unspecified atom stereocenters. The zero-order valence-electron chi connectivity index (χ0n) is 12.7. The highest BCUT2D eigenvalue weighted by Gasteiger charge is 2.37. The van der Waals surface area contributed by atoms with Gasteiger partial charge in [-0.1, -0.05) is 60.7 Å². The van der Waals surface area contributed by atoms with E-state index >= 15 is 0 Å². The molecule has 2 aromatic carbocycles. The fourth-order valence-corrected chi connectivity index (χ4v) is 3.18. The van der Waals surface area contributed by atoms with Gasteiger partial charge in [-0.3, -0.25) is 4.79 Å². The molecule has 1 heterocycles. The smallest absolute Gasteiger partial charge is 0.223 e. The highest BCUT2D eigenvalue weighted by molar-refractivity contribution is 5.79. The topological polar surface area (TPSA) is 40.5 Å². The Labute approximate surface area is 131 Å². The molecular weight excluding hydrogens is 274 g/mol. The lowest BCUT2D eigenvalue weighted by Gasteiger charge is -2.26. The van der Waals surface area contributed by atoms with Gasteiger partial charge in [-0.05, 0) is 18.1 Å². The Kier molecular flexibility index (Phi) is 4.25. The van der Waals surface area contributed by atoms with Gasteiger partial charge >= 0.3 is 0 Å². The molecule has 114 valence electrons. The minimum Gasteiger partial charge on any atom is -0.388 e. The van der Waals surface area contributed by atoms with E-state index in [1.807, 2.05) is 72.5 Å². The summed E-state index contributed by atoms with van der Waals surface area (Å²) < 4.78 is 0. The van der Waals surface area contributed by atoms with Gasteiger partial charge in [0.1, 0.15) is 0 Å². The zero-order chi connectivity index (χ0) is 15.5. The molecule has 2 aromatic rings. The third-order valence-corrected chi connectivity index (χ3v) is 4.53. The van der Waals surface area contributed by atoms with Gasteiger partial charge in [0.15, 0.2) is 0 Å². The average molecular weight is 295 g/mol. The molecule has 3 atom stereocenters. The second-order valence-electron chi connectivity index (χ2n) is 5.95. The third-order valence-electron chi connectivity index (χ3n) is 4.53. The van der Waals surface area contributed by atoms with E-state index < -0.39 is 6.10 Å². The number of benzene rings is 2. The lowest BCUT2D eigenvalue weighted by Crippen LogP contribution is -2.29. The highest BCUT2D eigenvalue weighted by Crippen LogP contribution is 2.34. The van der Waals surface area contributed by atoms with Gasteiger partial charge in [0.25, 0.3) is 0 Å². The number of aliphatic hydroxyl groups is 1. The summed E-state index contributed by atoms with van der Waals surface area (Å²) in [7, 11) is 0. The Morgan fingerprint density at radius 3 is 2.14 bits per heavy atom. The Morgan fingerprint density at radius 1 is 1.00 bits per heavy atom. The van der Waals surface area contributed by atoms with E-state index in [0.29, 0.717) is 13.0 Å². The lowest BCUT2D eigenvalue weighted by atomic mass is 9.95. The van der Waals surface area contributed by atoms with Crippen LogP contribution < -0.4 is 0 Å². The number of carbonyl (C=O) groups excluding carboxylic acids is 1. The van der Waals surface area contributed by atoms with Gasteiger partial charge in [-0.2, -0.15) is 0 Å². The van der Waals surface area contributed by atoms with Crippen molar-refractivity contribution in [2.75, 3.05) is 6.54 Å². The van der Waals surface area contributed by atoms with Gasteiger partial charge in [-0.25, -0.2) is 0 Å². The number of likely N-dealkylation sites (tertiary alicyclic amines) is 1. The first kappa shape index (κ1) is 14.8. The largest absolute Gasteiger partial charge is 0.388 e. The number of hydrogen-bond donors (Lipinski definition) is 1. The third kappa shape index (κ3) is 2.90. The summed E-state index contributed by atoms with van der Waals surface area (Å²) in [4.78, 5) is 14.2. The van der Waals surface area contributed by atoms with Crippen molar-refractivity contribution in [3.05, 3.63) is 71.8 Å². The summed E-state index contributed by atoms with van der Waals surface area (Å²) in [6.07, 6.45) is -0.175. The Morgan fingerprint density at radius 2 is 1.55 bits per heavy atom. The van der Waals surface area contributed by atoms with Crippen molar-refractivity contribution in [1.29, 1.82) is 0 Å². The molecule has 0 spiro atoms. The maximum atomic E-state index is 12.4. The van der Waals surface area contributed by atoms with Crippen LogP contribution in [0.15, 0.2) is 60.7 Å². The SMILES string of the molecule is CC(c1ccccc1)N1C[C@H](C(O)c2ccccc2)CC1=O. The van der Waals surface area contributed by atoms with Crippen LogP contribution in [-0.2, 0) is 4.79 Å². The van der Waals surface area contributed by atoms with Crippen LogP contribution in [0.4, 0.5) is 0 Å². The van der Waals surface area contributed by atoms with E-state index in [2.05, 4.69) is 0 Å². The first-order chi connectivity index (χ1) is 10.7. The first-order valence-corrected chi connectivity index (χ1v) is 7.74. The van der Waals surface area contributed by atoms with Crippen molar-refractivity contribution in [2.24, 2.45) is 5.92 Å². The van der Waals surface area contributed by atoms with Crippen LogP contribution in [-0.4, -0.2) is 22.5 Å². The quantitative estimate of drug-likeness (QED) is 0.940. The van der Waals surface area contributed by atoms with Crippen LogP contribution >= 0.6 is 0 Å². The maximum Gasteiger partial charge on any atom is 0.223 e. The predicted molar refractivity (Wildman–Crippen MR) is 86.1 cm³/mol. The summed E-state index contributed by atoms with van der Waals surface area (Å²) >= 11 is 0. The molecule has 3 rings (SSSR count). The van der Waals surface area contributed by atoms with Crippen LogP contribution in [0.1, 0.15) is 36.6 Å². The minimum atomic E-state index is -0.585. The Bertz CT molecular complexity index is 626. The monoisotopic (exact) mass is 295 g/mol. The number of carbonyl (C=O) groups is 1. The first-order valence-electron chi connectivity index (χ1n) is 7.74. The highest BCUT2D eigenvalue weighted by atomic mass is 16.3. The Balaban J connectivity index is 1.73. The van der Waals surface area contributed by atoms with E-state index in [1.54, 1.807) is 0 Å². The number of rotatable bonds is 4. The Hall–Kier alpha value is -2.13. The molecule has 1 N–H and O–H groups in total. The molecule has 1 fully saturated rings. The second-order valence-corrected chi connectivity index (χ2v) is 5.95. The van der Waals surface area contributed by atoms with E-state index in [9.17, 15) is 9.90 Å². The van der Waals surface area contributed by atoms with Crippen LogP contribution in [0, 0.1) is 5.92 Å². The normalized spacial score (nSPS) is 20.9. The zero-order valence-corrected chi connectivity index (χ0v) is 12.7. The van der Waals surface area contributed by atoms with Gasteiger partial charge in [-0.15, -0.1) is 0 Å². The molecule has 0 aromatic heterocycles. The summed E-state index contributed by atoms with van der Waals surface area (Å²) in [5, 5.41) is 10.5. The van der Waals surface area contributed by atoms with Crippen LogP contribution in [0.3, 0.4) is 0 Å². The molecule has 3 heteroatoms. The van der Waals surface area contributed by atoms with Crippen molar-refractivity contribution in [3.8, 4) is 0 Å². The molecule has 1 saturated heterocycles. The van der Waals surface area contributed by atoms with E-state index in [-0.39, 0.29) is 17.9 Å². The summed E-state index contributed by atoms with van der Waals surface area (Å²) in [6, 6.07) is 19.7. The van der Waals surface area contributed by atoms with E-state index in [1.165, 1.54) is 0 Å². The van der Waals surface area contributed by atoms with E-state index in [4.69, 9.17) is 0 Å². The number of hydrogen-bond acceptors (Lipinski definition) is 2. The van der Waals surface area contributed by atoms with Crippen molar-refractivity contribution in [3.63, 3.8) is 0 Å². The van der Waals surface area contributed by atoms with Crippen molar-refractivity contribution in [2.45, 2.75) is 25.5 Å². The standard InChI is InChI=1S/C19H21NO2/c1-14(15-8-4-2-5-9-15)20-13-17(12-18(20)21)19(22)16-10-6-3-7-11-16/h2-11,14,17,19,22H,12-13H2,1H3/t14?,17-,19?/m1/s1. The molecule has 1 aliphatic rings. The molecule has 0 saturated carbocycles. The molecule has 0 aliphatic carbocycles. The van der Waals surface area contributed by atoms with Gasteiger partial charge < -0.3 is 10.0 Å². The minimum absolute atomic E-state index is 0.0407. The summed E-state index contributed by atoms with van der Waals surface area (Å²) in [5.74, 6) is 0.0809. The van der Waals surface area contributed by atoms with Crippen LogP contribution in [0.5, 0.6) is 0 Å². The summed E-state index contributed by atoms with van der Waals surface area (Å²) in [5.41, 5.74) is 2.01. The molecule has 3 nitrogen and oxygen atoms in total. The summed E-state index contributed by atoms with van der Waals surface area (Å²) in [6.45, 7) is 2.65.